The first kappa shape index (κ1) is 9.62. The van der Waals surface area contributed by atoms with Crippen molar-refractivity contribution < 1.29 is 0 Å². The lowest BCUT2D eigenvalue weighted by atomic mass is 10.3. The van der Waals surface area contributed by atoms with Gasteiger partial charge in [0.1, 0.15) is 5.15 Å². The molecule has 0 aliphatic heterocycles. The van der Waals surface area contributed by atoms with Crippen LogP contribution in [-0.4, -0.2) is 9.97 Å². The van der Waals surface area contributed by atoms with Crippen molar-refractivity contribution in [2.24, 2.45) is 0 Å². The van der Waals surface area contributed by atoms with E-state index in [1.54, 1.807) is 17.4 Å². The number of hydrogen-bond acceptors (Lipinski definition) is 3. The predicted octanol–water partition coefficient (Wildman–Crippen LogP) is 3.42. The maximum atomic E-state index is 5.90. The van der Waals surface area contributed by atoms with E-state index in [1.165, 1.54) is 0 Å². The van der Waals surface area contributed by atoms with Gasteiger partial charge in [0.05, 0.1) is 0 Å². The van der Waals surface area contributed by atoms with E-state index in [4.69, 9.17) is 11.6 Å². The molecule has 4 heteroatoms. The molecule has 2 heterocycles. The highest BCUT2D eigenvalue weighted by molar-refractivity contribution is 7.08. The fraction of sp³-hybridized carbons (Fsp3) is 0.200. The Morgan fingerprint density at radius 3 is 2.93 bits per heavy atom. The van der Waals surface area contributed by atoms with Gasteiger partial charge in [-0.3, -0.25) is 0 Å². The number of aromatic nitrogens is 2. The highest BCUT2D eigenvalue weighted by Crippen LogP contribution is 2.20. The van der Waals surface area contributed by atoms with Gasteiger partial charge in [-0.25, -0.2) is 9.97 Å². The minimum Gasteiger partial charge on any atom is -0.233 e. The van der Waals surface area contributed by atoms with Gasteiger partial charge in [0.15, 0.2) is 5.82 Å². The van der Waals surface area contributed by atoms with Gasteiger partial charge >= 0.3 is 0 Å². The molecule has 2 aromatic rings. The summed E-state index contributed by atoms with van der Waals surface area (Å²) < 4.78 is 0. The van der Waals surface area contributed by atoms with E-state index in [2.05, 4.69) is 16.9 Å². The molecule has 2 aromatic heterocycles. The highest BCUT2D eigenvalue weighted by atomic mass is 35.5. The Kier molecular flexibility index (Phi) is 2.79. The molecule has 14 heavy (non-hydrogen) atoms. The molecule has 0 N–H and O–H groups in total. The minimum absolute atomic E-state index is 0.512. The van der Waals surface area contributed by atoms with Crippen LogP contribution in [0.25, 0.3) is 11.4 Å². The molecule has 72 valence electrons. The molecule has 0 unspecified atom stereocenters. The number of hydrogen-bond donors (Lipinski definition) is 0. The highest BCUT2D eigenvalue weighted by Gasteiger charge is 2.04. The first-order valence-electron chi connectivity index (χ1n) is 4.35. The standard InChI is InChI=1S/C10H9ClN2S/c1-2-8-5-9(11)13-10(12-8)7-3-4-14-6-7/h3-6H,2H2,1H3. The van der Waals surface area contributed by atoms with Gasteiger partial charge < -0.3 is 0 Å². The third kappa shape index (κ3) is 1.94. The molecule has 0 spiro atoms. The number of aryl methyl sites for hydroxylation is 1. The Hall–Kier alpha value is -0.930. The first-order chi connectivity index (χ1) is 6.79. The molecular formula is C10H9ClN2S. The second-order valence-corrected chi connectivity index (χ2v) is 4.04. The maximum absolute atomic E-state index is 5.90. The summed E-state index contributed by atoms with van der Waals surface area (Å²) in [5.74, 6) is 0.718. The Bertz CT molecular complexity index is 426. The third-order valence-corrected chi connectivity index (χ3v) is 2.77. The van der Waals surface area contributed by atoms with E-state index in [0.29, 0.717) is 5.15 Å². The summed E-state index contributed by atoms with van der Waals surface area (Å²) in [5.41, 5.74) is 2.01. The van der Waals surface area contributed by atoms with Crippen molar-refractivity contribution in [1.29, 1.82) is 0 Å². The van der Waals surface area contributed by atoms with Crippen LogP contribution in [0.2, 0.25) is 5.15 Å². The van der Waals surface area contributed by atoms with Crippen LogP contribution in [0.4, 0.5) is 0 Å². The van der Waals surface area contributed by atoms with Gasteiger partial charge in [-0.15, -0.1) is 0 Å². The van der Waals surface area contributed by atoms with Crippen molar-refractivity contribution >= 4 is 22.9 Å². The lowest BCUT2D eigenvalue weighted by molar-refractivity contribution is 1.01. The van der Waals surface area contributed by atoms with Crippen LogP contribution >= 0.6 is 22.9 Å². The quantitative estimate of drug-likeness (QED) is 0.731. The van der Waals surface area contributed by atoms with Crippen molar-refractivity contribution in [3.63, 3.8) is 0 Å². The number of nitrogens with zero attached hydrogens (tertiary/aromatic N) is 2. The lowest BCUT2D eigenvalue weighted by Crippen LogP contribution is -1.93. The summed E-state index contributed by atoms with van der Waals surface area (Å²) in [7, 11) is 0. The fourth-order valence-corrected chi connectivity index (χ4v) is 2.01. The van der Waals surface area contributed by atoms with Crippen LogP contribution in [-0.2, 0) is 6.42 Å². The fourth-order valence-electron chi connectivity index (χ4n) is 1.17. The van der Waals surface area contributed by atoms with Crippen LogP contribution in [0.5, 0.6) is 0 Å². The van der Waals surface area contributed by atoms with Crippen LogP contribution in [0.15, 0.2) is 22.9 Å². The van der Waals surface area contributed by atoms with Gasteiger partial charge in [0, 0.05) is 16.6 Å². The van der Waals surface area contributed by atoms with Gasteiger partial charge in [-0.1, -0.05) is 18.5 Å². The average Bonchev–Trinajstić information content (AvgIpc) is 2.69. The topological polar surface area (TPSA) is 25.8 Å². The molecule has 0 fully saturated rings. The zero-order chi connectivity index (χ0) is 9.97. The Morgan fingerprint density at radius 2 is 2.29 bits per heavy atom. The second kappa shape index (κ2) is 4.07. The van der Waals surface area contributed by atoms with Crippen LogP contribution < -0.4 is 0 Å². The summed E-state index contributed by atoms with van der Waals surface area (Å²) in [6.07, 6.45) is 0.874. The number of halogens is 1. The van der Waals surface area contributed by atoms with Crippen molar-refractivity contribution in [2.45, 2.75) is 13.3 Å². The van der Waals surface area contributed by atoms with Gasteiger partial charge in [-0.2, -0.15) is 11.3 Å². The van der Waals surface area contributed by atoms with E-state index in [9.17, 15) is 0 Å². The van der Waals surface area contributed by atoms with Gasteiger partial charge in [0.2, 0.25) is 0 Å². The van der Waals surface area contributed by atoms with E-state index in [0.717, 1.165) is 23.5 Å². The van der Waals surface area contributed by atoms with E-state index >= 15 is 0 Å². The van der Waals surface area contributed by atoms with Crippen molar-refractivity contribution in [3.05, 3.63) is 33.7 Å². The molecular weight excluding hydrogens is 216 g/mol. The molecule has 0 saturated carbocycles. The summed E-state index contributed by atoms with van der Waals surface area (Å²) in [5, 5.41) is 4.54. The number of thiophene rings is 1. The summed E-state index contributed by atoms with van der Waals surface area (Å²) in [4.78, 5) is 8.59. The normalized spacial score (nSPS) is 10.4. The first-order valence-corrected chi connectivity index (χ1v) is 5.67. The molecule has 0 aliphatic carbocycles. The zero-order valence-electron chi connectivity index (χ0n) is 7.70. The monoisotopic (exact) mass is 224 g/mol. The molecule has 2 rings (SSSR count). The minimum atomic E-state index is 0.512. The third-order valence-electron chi connectivity index (χ3n) is 1.89. The van der Waals surface area contributed by atoms with E-state index in [-0.39, 0.29) is 0 Å². The molecule has 0 radical (unpaired) electrons. The van der Waals surface area contributed by atoms with Crippen LogP contribution in [0.3, 0.4) is 0 Å². The Labute approximate surface area is 91.6 Å². The molecule has 0 saturated heterocycles. The molecule has 0 aliphatic rings. The SMILES string of the molecule is CCc1cc(Cl)nc(-c2ccsc2)n1. The summed E-state index contributed by atoms with van der Waals surface area (Å²) >= 11 is 7.53. The molecule has 0 amide bonds. The van der Waals surface area contributed by atoms with Crippen molar-refractivity contribution in [1.82, 2.24) is 9.97 Å². The predicted molar refractivity (Wildman–Crippen MR) is 59.7 cm³/mol. The van der Waals surface area contributed by atoms with Crippen molar-refractivity contribution in [2.75, 3.05) is 0 Å². The summed E-state index contributed by atoms with van der Waals surface area (Å²) in [6, 6.07) is 3.80. The molecule has 0 atom stereocenters. The molecule has 0 aromatic carbocycles. The number of rotatable bonds is 2. The Balaban J connectivity index is 2.48. The van der Waals surface area contributed by atoms with E-state index in [1.807, 2.05) is 16.8 Å². The van der Waals surface area contributed by atoms with Crippen LogP contribution in [0.1, 0.15) is 12.6 Å². The average molecular weight is 225 g/mol. The van der Waals surface area contributed by atoms with Gasteiger partial charge in [-0.05, 0) is 23.9 Å². The lowest BCUT2D eigenvalue weighted by Gasteiger charge is -2.00. The molecule has 0 bridgehead atoms. The van der Waals surface area contributed by atoms with Crippen LogP contribution in [0, 0.1) is 0 Å². The molecule has 2 nitrogen and oxygen atoms in total. The zero-order valence-corrected chi connectivity index (χ0v) is 9.27. The van der Waals surface area contributed by atoms with E-state index < -0.39 is 0 Å². The Morgan fingerprint density at radius 1 is 1.43 bits per heavy atom. The van der Waals surface area contributed by atoms with Gasteiger partial charge in [0.25, 0.3) is 0 Å². The second-order valence-electron chi connectivity index (χ2n) is 2.87. The summed E-state index contributed by atoms with van der Waals surface area (Å²) in [6.45, 7) is 2.05. The largest absolute Gasteiger partial charge is 0.233 e. The maximum Gasteiger partial charge on any atom is 0.161 e. The van der Waals surface area contributed by atoms with Crippen molar-refractivity contribution in [3.8, 4) is 11.4 Å². The smallest absolute Gasteiger partial charge is 0.161 e.